The predicted octanol–water partition coefficient (Wildman–Crippen LogP) is 1.54. The average Bonchev–Trinajstić information content (AvgIpc) is 2.37. The van der Waals surface area contributed by atoms with Gasteiger partial charge in [0.15, 0.2) is 0 Å². The number of sulfonamides is 1. The minimum absolute atomic E-state index is 0.133. The van der Waals surface area contributed by atoms with Crippen molar-refractivity contribution in [2.75, 3.05) is 31.9 Å². The van der Waals surface area contributed by atoms with Crippen molar-refractivity contribution >= 4 is 27.3 Å². The number of hydrogen-bond donors (Lipinski definition) is 2. The molecule has 0 fully saturated rings. The van der Waals surface area contributed by atoms with Crippen molar-refractivity contribution < 1.29 is 8.42 Å². The molecule has 0 bridgehead atoms. The standard InChI is InChI=1S/C12H20ClN3O2S/c1-3-16(4-2)8-7-15-19(17,18)10-5-6-11(13)12(14)9-10/h5-6,9,15H,3-4,7-8,14H2,1-2H3. The van der Waals surface area contributed by atoms with Gasteiger partial charge >= 0.3 is 0 Å². The van der Waals surface area contributed by atoms with Gasteiger partial charge in [-0.2, -0.15) is 0 Å². The third-order valence-electron chi connectivity index (χ3n) is 2.89. The largest absolute Gasteiger partial charge is 0.397 e. The minimum Gasteiger partial charge on any atom is -0.397 e. The number of nitrogen functional groups attached to an aromatic ring is 1. The monoisotopic (exact) mass is 305 g/mol. The van der Waals surface area contributed by atoms with E-state index in [2.05, 4.69) is 9.62 Å². The molecule has 1 aromatic carbocycles. The Morgan fingerprint density at radius 1 is 1.32 bits per heavy atom. The van der Waals surface area contributed by atoms with Crippen molar-refractivity contribution in [3.05, 3.63) is 23.2 Å². The van der Waals surface area contributed by atoms with Crippen LogP contribution >= 0.6 is 11.6 Å². The maximum atomic E-state index is 12.0. The van der Waals surface area contributed by atoms with Crippen molar-refractivity contribution in [2.24, 2.45) is 0 Å². The molecular weight excluding hydrogens is 286 g/mol. The number of nitrogens with zero attached hydrogens (tertiary/aromatic N) is 1. The lowest BCUT2D eigenvalue weighted by molar-refractivity contribution is 0.309. The molecule has 0 aliphatic heterocycles. The molecule has 0 saturated heterocycles. The zero-order valence-electron chi connectivity index (χ0n) is 11.2. The lowest BCUT2D eigenvalue weighted by Crippen LogP contribution is -2.34. The fourth-order valence-electron chi connectivity index (χ4n) is 1.65. The number of likely N-dealkylation sites (N-methyl/N-ethyl adjacent to an activating group) is 1. The summed E-state index contributed by atoms with van der Waals surface area (Å²) < 4.78 is 26.6. The van der Waals surface area contributed by atoms with Crippen LogP contribution in [0, 0.1) is 0 Å². The molecule has 0 atom stereocenters. The summed E-state index contributed by atoms with van der Waals surface area (Å²) in [4.78, 5) is 2.27. The zero-order chi connectivity index (χ0) is 14.5. The number of rotatable bonds is 7. The van der Waals surface area contributed by atoms with E-state index in [4.69, 9.17) is 17.3 Å². The van der Waals surface area contributed by atoms with Crippen molar-refractivity contribution in [3.63, 3.8) is 0 Å². The highest BCUT2D eigenvalue weighted by atomic mass is 35.5. The second-order valence-corrected chi connectivity index (χ2v) is 6.28. The van der Waals surface area contributed by atoms with Gasteiger partial charge in [-0.3, -0.25) is 0 Å². The normalized spacial score (nSPS) is 12.0. The van der Waals surface area contributed by atoms with Gasteiger partial charge in [-0.1, -0.05) is 25.4 Å². The van der Waals surface area contributed by atoms with Crippen LogP contribution in [0.4, 0.5) is 5.69 Å². The van der Waals surface area contributed by atoms with Crippen LogP contribution in [-0.4, -0.2) is 39.5 Å². The number of nitrogens with one attached hydrogen (secondary N) is 1. The molecule has 3 N–H and O–H groups in total. The Balaban J connectivity index is 2.68. The number of nitrogens with two attached hydrogens (primary N) is 1. The molecule has 0 radical (unpaired) electrons. The van der Waals surface area contributed by atoms with Crippen molar-refractivity contribution in [3.8, 4) is 0 Å². The molecule has 0 unspecified atom stereocenters. The molecule has 19 heavy (non-hydrogen) atoms. The Morgan fingerprint density at radius 3 is 2.47 bits per heavy atom. The second kappa shape index (κ2) is 7.09. The van der Waals surface area contributed by atoms with Gasteiger partial charge in [0, 0.05) is 13.1 Å². The highest BCUT2D eigenvalue weighted by Gasteiger charge is 2.14. The van der Waals surface area contributed by atoms with E-state index in [1.54, 1.807) is 0 Å². The van der Waals surface area contributed by atoms with Crippen molar-refractivity contribution in [1.29, 1.82) is 0 Å². The molecule has 0 heterocycles. The van der Waals surface area contributed by atoms with E-state index < -0.39 is 10.0 Å². The first kappa shape index (κ1) is 16.2. The van der Waals surface area contributed by atoms with Gasteiger partial charge in [0.25, 0.3) is 0 Å². The first-order valence-corrected chi connectivity index (χ1v) is 8.03. The molecular formula is C12H20ClN3O2S. The summed E-state index contributed by atoms with van der Waals surface area (Å²) in [6, 6.07) is 4.29. The number of anilines is 1. The Bertz CT molecular complexity index is 516. The molecule has 0 aliphatic rings. The number of hydrogen-bond acceptors (Lipinski definition) is 4. The predicted molar refractivity (Wildman–Crippen MR) is 78.8 cm³/mol. The Morgan fingerprint density at radius 2 is 1.95 bits per heavy atom. The van der Waals surface area contributed by atoms with E-state index in [1.165, 1.54) is 18.2 Å². The van der Waals surface area contributed by atoms with Crippen LogP contribution in [0.2, 0.25) is 5.02 Å². The van der Waals surface area contributed by atoms with Crippen LogP contribution in [0.3, 0.4) is 0 Å². The van der Waals surface area contributed by atoms with E-state index in [0.717, 1.165) is 13.1 Å². The highest BCUT2D eigenvalue weighted by molar-refractivity contribution is 7.89. The quantitative estimate of drug-likeness (QED) is 0.749. The van der Waals surface area contributed by atoms with Gasteiger partial charge in [-0.15, -0.1) is 0 Å². The minimum atomic E-state index is -3.53. The molecule has 5 nitrogen and oxygen atoms in total. The number of benzene rings is 1. The van der Waals surface area contributed by atoms with Crippen LogP contribution in [0.25, 0.3) is 0 Å². The third kappa shape index (κ3) is 4.65. The van der Waals surface area contributed by atoms with Crippen molar-refractivity contribution in [2.45, 2.75) is 18.7 Å². The fraction of sp³-hybridized carbons (Fsp3) is 0.500. The molecule has 7 heteroatoms. The summed E-state index contributed by atoms with van der Waals surface area (Å²) in [7, 11) is -3.53. The molecule has 0 saturated carbocycles. The van der Waals surface area contributed by atoms with Gasteiger partial charge in [0.2, 0.25) is 10.0 Å². The van der Waals surface area contributed by atoms with E-state index in [-0.39, 0.29) is 10.6 Å². The molecule has 1 rings (SSSR count). The molecule has 0 spiro atoms. The first-order chi connectivity index (χ1) is 8.90. The van der Waals surface area contributed by atoms with Gasteiger partial charge in [0.05, 0.1) is 15.6 Å². The van der Waals surface area contributed by atoms with E-state index in [9.17, 15) is 8.42 Å². The van der Waals surface area contributed by atoms with Gasteiger partial charge in [-0.25, -0.2) is 13.1 Å². The molecule has 0 aliphatic carbocycles. The highest BCUT2D eigenvalue weighted by Crippen LogP contribution is 2.21. The van der Waals surface area contributed by atoms with Crippen LogP contribution in [0.1, 0.15) is 13.8 Å². The molecule has 0 aromatic heterocycles. The molecule has 108 valence electrons. The summed E-state index contributed by atoms with van der Waals surface area (Å²) in [6.45, 7) is 6.91. The third-order valence-corrected chi connectivity index (χ3v) is 4.70. The average molecular weight is 306 g/mol. The van der Waals surface area contributed by atoms with Crippen LogP contribution in [-0.2, 0) is 10.0 Å². The smallest absolute Gasteiger partial charge is 0.240 e. The zero-order valence-corrected chi connectivity index (χ0v) is 12.8. The summed E-state index contributed by atoms with van der Waals surface area (Å²) in [6.07, 6.45) is 0. The van der Waals surface area contributed by atoms with Crippen molar-refractivity contribution in [1.82, 2.24) is 9.62 Å². The fourth-order valence-corrected chi connectivity index (χ4v) is 2.82. The van der Waals surface area contributed by atoms with E-state index >= 15 is 0 Å². The van der Waals surface area contributed by atoms with Gasteiger partial charge in [0.1, 0.15) is 0 Å². The Labute approximate surface area is 119 Å². The lowest BCUT2D eigenvalue weighted by Gasteiger charge is -2.18. The van der Waals surface area contributed by atoms with Gasteiger partial charge < -0.3 is 10.6 Å². The second-order valence-electron chi connectivity index (χ2n) is 4.11. The van der Waals surface area contributed by atoms with Crippen LogP contribution < -0.4 is 10.5 Å². The maximum Gasteiger partial charge on any atom is 0.240 e. The molecule has 1 aromatic rings. The lowest BCUT2D eigenvalue weighted by atomic mass is 10.3. The summed E-state index contributed by atoms with van der Waals surface area (Å²) in [5, 5.41) is 0.349. The summed E-state index contributed by atoms with van der Waals surface area (Å²) in [5.41, 5.74) is 5.86. The number of halogens is 1. The molecule has 0 amide bonds. The Kier molecular flexibility index (Phi) is 6.06. The maximum absolute atomic E-state index is 12.0. The first-order valence-electron chi connectivity index (χ1n) is 6.17. The van der Waals surface area contributed by atoms with Gasteiger partial charge in [-0.05, 0) is 31.3 Å². The van der Waals surface area contributed by atoms with Crippen LogP contribution in [0.15, 0.2) is 23.1 Å². The summed E-state index contributed by atoms with van der Waals surface area (Å²) >= 11 is 5.77. The topological polar surface area (TPSA) is 75.4 Å². The van der Waals surface area contributed by atoms with Crippen LogP contribution in [0.5, 0.6) is 0 Å². The SMILES string of the molecule is CCN(CC)CCNS(=O)(=O)c1ccc(Cl)c(N)c1. The van der Waals surface area contributed by atoms with E-state index in [1.807, 2.05) is 13.8 Å². The van der Waals surface area contributed by atoms with E-state index in [0.29, 0.717) is 18.1 Å². The Hall–Kier alpha value is -0.820. The summed E-state index contributed by atoms with van der Waals surface area (Å²) in [5.74, 6) is 0.